The Bertz CT molecular complexity index is 276. The average molecular weight is 281 g/mol. The van der Waals surface area contributed by atoms with Gasteiger partial charge in [-0.1, -0.05) is 32.1 Å². The van der Waals surface area contributed by atoms with Gasteiger partial charge in [-0.3, -0.25) is 10.1 Å². The Kier molecular flexibility index (Phi) is 6.62. The van der Waals surface area contributed by atoms with E-state index in [9.17, 15) is 18.0 Å². The molecule has 1 fully saturated rings. The summed E-state index contributed by atoms with van der Waals surface area (Å²) in [5, 5.41) is 2.29. The van der Waals surface area contributed by atoms with Crippen molar-refractivity contribution in [2.24, 2.45) is 5.92 Å². The van der Waals surface area contributed by atoms with Gasteiger partial charge in [-0.05, 0) is 19.3 Å². The van der Waals surface area contributed by atoms with E-state index in [0.29, 0.717) is 12.3 Å². The zero-order chi connectivity index (χ0) is 14.3. The second kappa shape index (κ2) is 7.72. The van der Waals surface area contributed by atoms with Crippen molar-refractivity contribution in [1.29, 1.82) is 0 Å². The zero-order valence-corrected chi connectivity index (χ0v) is 11.3. The van der Waals surface area contributed by atoms with Crippen molar-refractivity contribution in [1.82, 2.24) is 5.32 Å². The number of ether oxygens (including phenoxy) is 1. The monoisotopic (exact) mass is 281 g/mol. The molecular formula is C13H22F3NO2. The minimum Gasteiger partial charge on any atom is -0.465 e. The van der Waals surface area contributed by atoms with E-state index in [2.05, 4.69) is 5.32 Å². The molecule has 1 atom stereocenters. The van der Waals surface area contributed by atoms with Gasteiger partial charge < -0.3 is 4.74 Å². The van der Waals surface area contributed by atoms with Crippen molar-refractivity contribution in [2.75, 3.05) is 13.2 Å². The molecule has 0 saturated heterocycles. The molecule has 0 heterocycles. The first-order valence-corrected chi connectivity index (χ1v) is 6.89. The molecule has 1 unspecified atom stereocenters. The first kappa shape index (κ1) is 16.3. The Morgan fingerprint density at radius 2 is 1.95 bits per heavy atom. The van der Waals surface area contributed by atoms with Crippen LogP contribution in [0, 0.1) is 5.92 Å². The smallest absolute Gasteiger partial charge is 0.401 e. The van der Waals surface area contributed by atoms with Gasteiger partial charge in [0.25, 0.3) is 0 Å². The summed E-state index contributed by atoms with van der Waals surface area (Å²) in [5.41, 5.74) is 0. The maximum Gasteiger partial charge on any atom is 0.401 e. The largest absolute Gasteiger partial charge is 0.465 e. The molecule has 6 heteroatoms. The van der Waals surface area contributed by atoms with Crippen LogP contribution in [-0.4, -0.2) is 31.3 Å². The molecule has 0 aliphatic heterocycles. The standard InChI is InChI=1S/C13H22F3NO2/c1-2-19-12(18)11(17-9-13(14,15)16)8-10-6-4-3-5-7-10/h10-11,17H,2-9H2,1H3. The summed E-state index contributed by atoms with van der Waals surface area (Å²) in [4.78, 5) is 11.7. The van der Waals surface area contributed by atoms with E-state index in [1.807, 2.05) is 0 Å². The highest BCUT2D eigenvalue weighted by Gasteiger charge is 2.32. The maximum atomic E-state index is 12.2. The van der Waals surface area contributed by atoms with Crippen LogP contribution >= 0.6 is 0 Å². The van der Waals surface area contributed by atoms with Crippen LogP contribution in [0.1, 0.15) is 45.4 Å². The fourth-order valence-corrected chi connectivity index (χ4v) is 2.50. The number of rotatable bonds is 6. The van der Waals surface area contributed by atoms with Gasteiger partial charge in [0.2, 0.25) is 0 Å². The summed E-state index contributed by atoms with van der Waals surface area (Å²) in [6.07, 6.45) is 1.48. The minimum absolute atomic E-state index is 0.188. The summed E-state index contributed by atoms with van der Waals surface area (Å²) in [5.74, 6) is -0.249. The molecule has 0 aromatic carbocycles. The Morgan fingerprint density at radius 3 is 2.47 bits per heavy atom. The lowest BCUT2D eigenvalue weighted by Gasteiger charge is -2.26. The molecule has 19 heavy (non-hydrogen) atoms. The number of carbonyl (C=O) groups is 1. The van der Waals surface area contributed by atoms with E-state index < -0.39 is 24.7 Å². The number of halogens is 3. The van der Waals surface area contributed by atoms with Crippen molar-refractivity contribution >= 4 is 5.97 Å². The molecule has 0 radical (unpaired) electrons. The summed E-state index contributed by atoms with van der Waals surface area (Å²) in [6, 6.07) is -0.843. The van der Waals surface area contributed by atoms with Crippen LogP contribution in [0.3, 0.4) is 0 Å². The highest BCUT2D eigenvalue weighted by Crippen LogP contribution is 2.27. The first-order chi connectivity index (χ1) is 8.92. The molecule has 1 rings (SSSR count). The van der Waals surface area contributed by atoms with Gasteiger partial charge in [-0.15, -0.1) is 0 Å². The molecule has 1 N–H and O–H groups in total. The van der Waals surface area contributed by atoms with Gasteiger partial charge in [0, 0.05) is 0 Å². The summed E-state index contributed by atoms with van der Waals surface area (Å²) in [7, 11) is 0. The van der Waals surface area contributed by atoms with Crippen LogP contribution in [0.25, 0.3) is 0 Å². The summed E-state index contributed by atoms with van der Waals surface area (Å²) >= 11 is 0. The molecule has 0 aromatic rings. The van der Waals surface area contributed by atoms with E-state index in [1.165, 1.54) is 6.42 Å². The third kappa shape index (κ3) is 6.80. The average Bonchev–Trinajstić information content (AvgIpc) is 2.35. The normalized spacial score (nSPS) is 19.2. The highest BCUT2D eigenvalue weighted by molar-refractivity contribution is 5.75. The molecule has 1 aliphatic rings. The van der Waals surface area contributed by atoms with Crippen LogP contribution in [0.5, 0.6) is 0 Å². The number of nitrogens with one attached hydrogen (secondary N) is 1. The molecule has 112 valence electrons. The number of hydrogen-bond donors (Lipinski definition) is 1. The van der Waals surface area contributed by atoms with Gasteiger partial charge in [0.05, 0.1) is 13.2 Å². The molecule has 0 aromatic heterocycles. The van der Waals surface area contributed by atoms with Crippen molar-refractivity contribution in [3.63, 3.8) is 0 Å². The topological polar surface area (TPSA) is 38.3 Å². The van der Waals surface area contributed by atoms with Crippen molar-refractivity contribution < 1.29 is 22.7 Å². The summed E-state index contributed by atoms with van der Waals surface area (Å²) < 4.78 is 41.5. The molecule has 0 bridgehead atoms. The summed E-state index contributed by atoms with van der Waals surface area (Å²) in [6.45, 7) is 0.691. The third-order valence-electron chi connectivity index (χ3n) is 3.41. The van der Waals surface area contributed by atoms with Crippen molar-refractivity contribution in [3.8, 4) is 0 Å². The quantitative estimate of drug-likeness (QED) is 0.760. The van der Waals surface area contributed by atoms with Gasteiger partial charge in [0.1, 0.15) is 6.04 Å². The fourth-order valence-electron chi connectivity index (χ4n) is 2.50. The van der Waals surface area contributed by atoms with E-state index >= 15 is 0 Å². The zero-order valence-electron chi connectivity index (χ0n) is 11.3. The Balaban J connectivity index is 2.50. The number of esters is 1. The van der Waals surface area contributed by atoms with Crippen molar-refractivity contribution in [2.45, 2.75) is 57.7 Å². The van der Waals surface area contributed by atoms with E-state index in [0.717, 1.165) is 25.7 Å². The van der Waals surface area contributed by atoms with Crippen molar-refractivity contribution in [3.05, 3.63) is 0 Å². The van der Waals surface area contributed by atoms with E-state index in [4.69, 9.17) is 4.74 Å². The molecule has 3 nitrogen and oxygen atoms in total. The Labute approximate surface area is 111 Å². The molecule has 1 aliphatic carbocycles. The lowest BCUT2D eigenvalue weighted by atomic mass is 9.85. The van der Waals surface area contributed by atoms with Gasteiger partial charge in [0.15, 0.2) is 0 Å². The van der Waals surface area contributed by atoms with Crippen LogP contribution < -0.4 is 5.32 Å². The first-order valence-electron chi connectivity index (χ1n) is 6.89. The van der Waals surface area contributed by atoms with Gasteiger partial charge >= 0.3 is 12.1 Å². The van der Waals surface area contributed by atoms with E-state index in [1.54, 1.807) is 6.92 Å². The number of carbonyl (C=O) groups excluding carboxylic acids is 1. The van der Waals surface area contributed by atoms with Gasteiger partial charge in [-0.25, -0.2) is 0 Å². The Hall–Kier alpha value is -0.780. The highest BCUT2D eigenvalue weighted by atomic mass is 19.4. The predicted molar refractivity (Wildman–Crippen MR) is 65.7 cm³/mol. The SMILES string of the molecule is CCOC(=O)C(CC1CCCCC1)NCC(F)(F)F. The molecule has 0 spiro atoms. The minimum atomic E-state index is -4.31. The molecule has 1 saturated carbocycles. The number of hydrogen-bond acceptors (Lipinski definition) is 3. The third-order valence-corrected chi connectivity index (χ3v) is 3.41. The molecule has 0 amide bonds. The van der Waals surface area contributed by atoms with Crippen LogP contribution in [0.4, 0.5) is 13.2 Å². The predicted octanol–water partition coefficient (Wildman–Crippen LogP) is 3.04. The second-order valence-electron chi connectivity index (χ2n) is 5.04. The lowest BCUT2D eigenvalue weighted by Crippen LogP contribution is -2.44. The number of alkyl halides is 3. The lowest BCUT2D eigenvalue weighted by molar-refractivity contribution is -0.149. The second-order valence-corrected chi connectivity index (χ2v) is 5.04. The maximum absolute atomic E-state index is 12.2. The van der Waals surface area contributed by atoms with Crippen LogP contribution in [0.2, 0.25) is 0 Å². The van der Waals surface area contributed by atoms with E-state index in [-0.39, 0.29) is 6.61 Å². The van der Waals surface area contributed by atoms with Gasteiger partial charge in [-0.2, -0.15) is 13.2 Å². The fraction of sp³-hybridized carbons (Fsp3) is 0.923. The van der Waals surface area contributed by atoms with Crippen LogP contribution in [0.15, 0.2) is 0 Å². The van der Waals surface area contributed by atoms with Crippen LogP contribution in [-0.2, 0) is 9.53 Å². The molecular weight excluding hydrogens is 259 g/mol. The Morgan fingerprint density at radius 1 is 1.32 bits per heavy atom.